The topological polar surface area (TPSA) is 165 Å². The van der Waals surface area contributed by atoms with E-state index in [2.05, 4.69) is 5.32 Å². The van der Waals surface area contributed by atoms with E-state index in [1.54, 1.807) is 30.3 Å². The zero-order valence-electron chi connectivity index (χ0n) is 18.5. The van der Waals surface area contributed by atoms with Crippen LogP contribution in [0.25, 0.3) is 0 Å². The van der Waals surface area contributed by atoms with E-state index in [0.29, 0.717) is 11.3 Å². The number of β-lactam (4-membered cyclic amide) rings is 1. The molecule has 2 atom stereocenters. The molecule has 1 fully saturated rings. The van der Waals surface area contributed by atoms with E-state index in [0.717, 1.165) is 4.90 Å². The largest absolute Gasteiger partial charge is 0.484 e. The van der Waals surface area contributed by atoms with Crippen LogP contribution in [0.2, 0.25) is 0 Å². The van der Waals surface area contributed by atoms with Crippen molar-refractivity contribution >= 4 is 29.4 Å². The second kappa shape index (κ2) is 11.6. The van der Waals surface area contributed by atoms with Crippen molar-refractivity contribution in [3.05, 3.63) is 70.3 Å². The van der Waals surface area contributed by atoms with Crippen molar-refractivity contribution < 1.29 is 38.7 Å². The number of likely N-dealkylation sites (tertiary alicyclic amines) is 1. The molecule has 0 saturated carbocycles. The Morgan fingerprint density at radius 2 is 1.77 bits per heavy atom. The van der Waals surface area contributed by atoms with Crippen LogP contribution >= 0.6 is 0 Å². The molecule has 0 spiro atoms. The molecule has 0 radical (unpaired) electrons. The summed E-state index contributed by atoms with van der Waals surface area (Å²) in [6.45, 7) is -0.921. The summed E-state index contributed by atoms with van der Waals surface area (Å²) in [5.74, 6) is -2.45. The number of esters is 1. The maximum absolute atomic E-state index is 12.6. The van der Waals surface area contributed by atoms with Crippen LogP contribution in [-0.4, -0.2) is 63.9 Å². The minimum atomic E-state index is -1.08. The van der Waals surface area contributed by atoms with Crippen LogP contribution in [-0.2, 0) is 30.5 Å². The van der Waals surface area contributed by atoms with Crippen molar-refractivity contribution in [3.63, 3.8) is 0 Å². The number of nitrogens with zero attached hydrogens (tertiary/aromatic N) is 2. The predicted octanol–water partition coefficient (Wildman–Crippen LogP) is 1.28. The van der Waals surface area contributed by atoms with Crippen molar-refractivity contribution in [2.75, 3.05) is 13.2 Å². The molecule has 1 aliphatic rings. The number of carboxylic acids is 1. The Balaban J connectivity index is 1.52. The highest BCUT2D eigenvalue weighted by molar-refractivity contribution is 5.95. The van der Waals surface area contributed by atoms with Gasteiger partial charge in [0, 0.05) is 18.6 Å². The molecule has 1 aliphatic heterocycles. The number of amides is 2. The normalized spacial score (nSPS) is 16.7. The first-order valence-electron chi connectivity index (χ1n) is 10.6. The van der Waals surface area contributed by atoms with Crippen LogP contribution in [0, 0.1) is 10.1 Å². The van der Waals surface area contributed by atoms with Crippen LogP contribution in [0.4, 0.5) is 5.69 Å². The average Bonchev–Trinajstić information content (AvgIpc) is 2.85. The van der Waals surface area contributed by atoms with Gasteiger partial charge in [-0.25, -0.2) is 0 Å². The lowest BCUT2D eigenvalue weighted by molar-refractivity contribution is -0.384. The summed E-state index contributed by atoms with van der Waals surface area (Å²) in [5, 5.41) is 22.2. The summed E-state index contributed by atoms with van der Waals surface area (Å²) in [6, 6.07) is 12.4. The highest BCUT2D eigenvalue weighted by Gasteiger charge is 2.48. The molecule has 184 valence electrons. The number of rotatable bonds is 12. The van der Waals surface area contributed by atoms with Crippen LogP contribution in [0.3, 0.4) is 0 Å². The van der Waals surface area contributed by atoms with Gasteiger partial charge in [-0.05, 0) is 36.2 Å². The van der Waals surface area contributed by atoms with Gasteiger partial charge in [0.15, 0.2) is 6.61 Å². The summed E-state index contributed by atoms with van der Waals surface area (Å²) in [5.41, 5.74) is 0.416. The van der Waals surface area contributed by atoms with Gasteiger partial charge in [-0.15, -0.1) is 0 Å². The Kier molecular flexibility index (Phi) is 8.33. The number of hydrogen-bond acceptors (Lipinski definition) is 8. The molecule has 2 aromatic carbocycles. The van der Waals surface area contributed by atoms with Crippen molar-refractivity contribution in [2.45, 2.75) is 31.5 Å². The van der Waals surface area contributed by atoms with E-state index in [-0.39, 0.29) is 31.7 Å². The molecule has 12 nitrogen and oxygen atoms in total. The Hall–Kier alpha value is -4.48. The van der Waals surface area contributed by atoms with Crippen molar-refractivity contribution in [1.29, 1.82) is 0 Å². The second-order valence-electron chi connectivity index (χ2n) is 7.70. The van der Waals surface area contributed by atoms with Crippen LogP contribution in [0.1, 0.15) is 18.4 Å². The van der Waals surface area contributed by atoms with Gasteiger partial charge in [0.05, 0.1) is 11.0 Å². The number of ether oxygens (including phenoxy) is 2. The molecule has 12 heteroatoms. The lowest BCUT2D eigenvalue weighted by atomic mass is 9.90. The number of hydrogen-bond donors (Lipinski definition) is 2. The lowest BCUT2D eigenvalue weighted by Gasteiger charge is -2.46. The third-order valence-corrected chi connectivity index (χ3v) is 5.26. The van der Waals surface area contributed by atoms with Crippen molar-refractivity contribution in [3.8, 4) is 5.75 Å². The highest BCUT2D eigenvalue weighted by atomic mass is 16.6. The van der Waals surface area contributed by atoms with Crippen molar-refractivity contribution in [2.24, 2.45) is 0 Å². The molecule has 0 unspecified atom stereocenters. The summed E-state index contributed by atoms with van der Waals surface area (Å²) in [4.78, 5) is 59.4. The van der Waals surface area contributed by atoms with E-state index < -0.39 is 47.3 Å². The first-order valence-corrected chi connectivity index (χ1v) is 10.6. The third-order valence-electron chi connectivity index (χ3n) is 5.26. The molecule has 35 heavy (non-hydrogen) atoms. The quantitative estimate of drug-likeness (QED) is 0.195. The fourth-order valence-corrected chi connectivity index (χ4v) is 3.49. The van der Waals surface area contributed by atoms with Crippen LogP contribution < -0.4 is 10.1 Å². The molecular weight excluding hydrogens is 462 g/mol. The van der Waals surface area contributed by atoms with Gasteiger partial charge in [0.2, 0.25) is 5.91 Å². The Morgan fingerprint density at radius 1 is 1.09 bits per heavy atom. The lowest BCUT2D eigenvalue weighted by Crippen LogP contribution is -2.71. The monoisotopic (exact) mass is 485 g/mol. The first-order chi connectivity index (χ1) is 16.7. The molecule has 0 aliphatic carbocycles. The number of benzene rings is 2. The maximum Gasteiger partial charge on any atom is 0.325 e. The number of carbonyl (C=O) groups is 4. The van der Waals surface area contributed by atoms with Gasteiger partial charge >= 0.3 is 11.9 Å². The molecule has 0 bridgehead atoms. The van der Waals surface area contributed by atoms with Gasteiger partial charge < -0.3 is 24.8 Å². The number of nitro benzene ring substituents is 1. The van der Waals surface area contributed by atoms with E-state index >= 15 is 0 Å². The zero-order chi connectivity index (χ0) is 25.4. The Labute approximate surface area is 199 Å². The average molecular weight is 485 g/mol. The Bertz CT molecular complexity index is 1090. The molecule has 2 N–H and O–H groups in total. The van der Waals surface area contributed by atoms with E-state index in [4.69, 9.17) is 14.6 Å². The standard InChI is InChI=1S/C23H23N3O9/c27-19(14-34-17-4-2-1-3-5-17)24-22-18(10-11-20(28)29)25(23(22)31)12-21(30)35-13-15-6-8-16(9-7-15)26(32)33/h1-9,18,22H,10-14H2,(H,24,27)(H,28,29)/t18-,22+/m1/s1. The predicted molar refractivity (Wildman–Crippen MR) is 119 cm³/mol. The molecule has 2 amide bonds. The smallest absolute Gasteiger partial charge is 0.325 e. The molecular formula is C23H23N3O9. The summed E-state index contributed by atoms with van der Waals surface area (Å²) in [7, 11) is 0. The minimum absolute atomic E-state index is 0.0290. The first kappa shape index (κ1) is 25.1. The van der Waals surface area contributed by atoms with E-state index in [9.17, 15) is 29.3 Å². The number of non-ortho nitro benzene ring substituents is 1. The number of carboxylic acid groups (broad SMARTS) is 1. The van der Waals surface area contributed by atoms with Crippen LogP contribution in [0.15, 0.2) is 54.6 Å². The van der Waals surface area contributed by atoms with Gasteiger partial charge in [0.25, 0.3) is 11.6 Å². The van der Waals surface area contributed by atoms with Gasteiger partial charge in [-0.3, -0.25) is 29.3 Å². The highest BCUT2D eigenvalue weighted by Crippen LogP contribution is 2.25. The molecule has 2 aromatic rings. The number of nitro groups is 1. The number of para-hydroxylation sites is 1. The Morgan fingerprint density at radius 3 is 2.40 bits per heavy atom. The zero-order valence-corrected chi connectivity index (χ0v) is 18.5. The number of carbonyl (C=O) groups excluding carboxylic acids is 3. The van der Waals surface area contributed by atoms with Gasteiger partial charge in [0.1, 0.15) is 24.9 Å². The fourth-order valence-electron chi connectivity index (χ4n) is 3.49. The number of nitrogens with one attached hydrogen (secondary N) is 1. The molecule has 1 heterocycles. The van der Waals surface area contributed by atoms with Gasteiger partial charge in [-0.1, -0.05) is 18.2 Å². The van der Waals surface area contributed by atoms with E-state index in [1.807, 2.05) is 0 Å². The SMILES string of the molecule is O=C(O)CC[C@@H]1[C@H](NC(=O)COc2ccccc2)C(=O)N1CC(=O)OCc1ccc([N+](=O)[O-])cc1. The molecule has 0 aromatic heterocycles. The molecule has 3 rings (SSSR count). The summed E-state index contributed by atoms with van der Waals surface area (Å²) >= 11 is 0. The van der Waals surface area contributed by atoms with E-state index in [1.165, 1.54) is 24.3 Å². The maximum atomic E-state index is 12.6. The summed E-state index contributed by atoms with van der Waals surface area (Å²) in [6.07, 6.45) is -0.236. The van der Waals surface area contributed by atoms with Crippen molar-refractivity contribution in [1.82, 2.24) is 10.2 Å². The number of aliphatic carboxylic acids is 1. The second-order valence-corrected chi connectivity index (χ2v) is 7.70. The minimum Gasteiger partial charge on any atom is -0.484 e. The van der Waals surface area contributed by atoms with Gasteiger partial charge in [-0.2, -0.15) is 0 Å². The molecule has 1 saturated heterocycles. The fraction of sp³-hybridized carbons (Fsp3) is 0.304. The van der Waals surface area contributed by atoms with Crippen LogP contribution in [0.5, 0.6) is 5.75 Å². The summed E-state index contributed by atoms with van der Waals surface area (Å²) < 4.78 is 10.5. The third kappa shape index (κ3) is 7.00.